The zero-order chi connectivity index (χ0) is 7.40. The first-order chi connectivity index (χ1) is 4.84. The third-order valence-corrected chi connectivity index (χ3v) is 1.75. The van der Waals surface area contributed by atoms with Crippen molar-refractivity contribution in [3.05, 3.63) is 19.2 Å². The summed E-state index contributed by atoms with van der Waals surface area (Å²) >= 11 is 0. The summed E-state index contributed by atoms with van der Waals surface area (Å²) in [6.07, 6.45) is 0.806. The summed E-state index contributed by atoms with van der Waals surface area (Å²) in [5.41, 5.74) is 1.13. The number of morpholine rings is 1. The molecule has 0 aliphatic carbocycles. The van der Waals surface area contributed by atoms with Crippen molar-refractivity contribution < 1.29 is 4.74 Å². The van der Waals surface area contributed by atoms with Crippen molar-refractivity contribution in [3.63, 3.8) is 0 Å². The summed E-state index contributed by atoms with van der Waals surface area (Å²) in [5.74, 6) is 0. The molecule has 10 heavy (non-hydrogen) atoms. The van der Waals surface area contributed by atoms with Crippen LogP contribution < -0.4 is 0 Å². The van der Waals surface area contributed by atoms with Crippen LogP contribution in [0.5, 0.6) is 0 Å². The van der Waals surface area contributed by atoms with Crippen molar-refractivity contribution >= 4 is 0 Å². The molecule has 0 unspecified atom stereocenters. The van der Waals surface area contributed by atoms with Crippen LogP contribution in [0, 0.1) is 6.92 Å². The van der Waals surface area contributed by atoms with Crippen molar-refractivity contribution in [2.75, 3.05) is 26.3 Å². The second-order valence-corrected chi connectivity index (χ2v) is 2.42. The predicted octanol–water partition coefficient (Wildman–Crippen LogP) is 1.06. The summed E-state index contributed by atoms with van der Waals surface area (Å²) < 4.78 is 5.19. The van der Waals surface area contributed by atoms with Gasteiger partial charge in [-0.15, -0.1) is 0 Å². The van der Waals surface area contributed by atoms with Crippen LogP contribution in [0.1, 0.15) is 6.42 Å². The molecular formula is C8H14NO. The Morgan fingerprint density at radius 1 is 1.40 bits per heavy atom. The molecule has 1 radical (unpaired) electrons. The second kappa shape index (κ2) is 3.62. The average molecular weight is 140 g/mol. The monoisotopic (exact) mass is 140 g/mol. The van der Waals surface area contributed by atoms with E-state index in [4.69, 9.17) is 4.74 Å². The Bertz CT molecular complexity index is 116. The van der Waals surface area contributed by atoms with Gasteiger partial charge in [0.1, 0.15) is 0 Å². The maximum Gasteiger partial charge on any atom is 0.0642 e. The minimum atomic E-state index is 0.806. The first-order valence-electron chi connectivity index (χ1n) is 3.64. The van der Waals surface area contributed by atoms with Crippen molar-refractivity contribution in [3.8, 4) is 0 Å². The van der Waals surface area contributed by atoms with Gasteiger partial charge in [-0.3, -0.25) is 0 Å². The average Bonchev–Trinajstić information content (AvgIpc) is 2.05. The molecule has 0 saturated carbocycles. The van der Waals surface area contributed by atoms with Crippen LogP contribution in [0.4, 0.5) is 0 Å². The number of allylic oxidation sites excluding steroid dienone is 1. The second-order valence-electron chi connectivity index (χ2n) is 2.42. The third kappa shape index (κ3) is 1.74. The Hall–Kier alpha value is -0.500. The molecular weight excluding hydrogens is 126 g/mol. The number of ether oxygens (including phenoxy) is 1. The van der Waals surface area contributed by atoms with E-state index in [1.165, 1.54) is 0 Å². The molecule has 1 aliphatic heterocycles. The van der Waals surface area contributed by atoms with Crippen LogP contribution in [0.25, 0.3) is 0 Å². The van der Waals surface area contributed by atoms with Crippen molar-refractivity contribution in [1.82, 2.24) is 4.90 Å². The zero-order valence-electron chi connectivity index (χ0n) is 6.31. The van der Waals surface area contributed by atoms with Crippen molar-refractivity contribution in [1.29, 1.82) is 0 Å². The van der Waals surface area contributed by atoms with Gasteiger partial charge in [0.05, 0.1) is 13.2 Å². The lowest BCUT2D eigenvalue weighted by Crippen LogP contribution is -2.35. The topological polar surface area (TPSA) is 12.5 Å². The summed E-state index contributed by atoms with van der Waals surface area (Å²) in [7, 11) is 0. The zero-order valence-corrected chi connectivity index (χ0v) is 6.31. The van der Waals surface area contributed by atoms with E-state index in [0.717, 1.165) is 38.4 Å². The van der Waals surface area contributed by atoms with E-state index in [2.05, 4.69) is 18.4 Å². The number of hydrogen-bond donors (Lipinski definition) is 0. The van der Waals surface area contributed by atoms with Gasteiger partial charge in [-0.2, -0.15) is 0 Å². The summed E-state index contributed by atoms with van der Waals surface area (Å²) in [6, 6.07) is 0. The molecule has 1 aliphatic rings. The lowest BCUT2D eigenvalue weighted by atomic mass is 10.3. The third-order valence-electron chi connectivity index (χ3n) is 1.75. The molecule has 0 spiro atoms. The normalized spacial score (nSPS) is 19.1. The Morgan fingerprint density at radius 3 is 2.50 bits per heavy atom. The number of hydrogen-bond acceptors (Lipinski definition) is 2. The molecule has 57 valence electrons. The van der Waals surface area contributed by atoms with Gasteiger partial charge in [0.2, 0.25) is 0 Å². The fraction of sp³-hybridized carbons (Fsp3) is 0.625. The first-order valence-corrected chi connectivity index (χ1v) is 3.64. The molecule has 1 rings (SSSR count). The van der Waals surface area contributed by atoms with E-state index in [0.29, 0.717) is 0 Å². The Balaban J connectivity index is 2.31. The van der Waals surface area contributed by atoms with Crippen LogP contribution in [0.3, 0.4) is 0 Å². The quantitative estimate of drug-likeness (QED) is 0.568. The molecule has 1 saturated heterocycles. The van der Waals surface area contributed by atoms with Gasteiger partial charge in [-0.05, 0) is 13.3 Å². The highest BCUT2D eigenvalue weighted by Gasteiger charge is 2.09. The highest BCUT2D eigenvalue weighted by molar-refractivity contribution is 4.95. The maximum atomic E-state index is 5.19. The molecule has 1 fully saturated rings. The standard InChI is InChI=1S/C8H14NO/c1-3-8(2)9-4-6-10-7-5-9/h1-7H2. The largest absolute Gasteiger partial charge is 0.378 e. The molecule has 0 aromatic rings. The molecule has 0 aromatic heterocycles. The minimum Gasteiger partial charge on any atom is -0.378 e. The van der Waals surface area contributed by atoms with E-state index >= 15 is 0 Å². The van der Waals surface area contributed by atoms with Crippen LogP contribution in [0.15, 0.2) is 12.3 Å². The van der Waals surface area contributed by atoms with Gasteiger partial charge in [0, 0.05) is 18.8 Å². The molecule has 0 N–H and O–H groups in total. The van der Waals surface area contributed by atoms with Gasteiger partial charge < -0.3 is 9.64 Å². The highest BCUT2D eigenvalue weighted by atomic mass is 16.5. The molecule has 0 aromatic carbocycles. The Morgan fingerprint density at radius 2 is 2.00 bits per heavy atom. The van der Waals surface area contributed by atoms with E-state index in [9.17, 15) is 0 Å². The van der Waals surface area contributed by atoms with Crippen molar-refractivity contribution in [2.24, 2.45) is 0 Å². The summed E-state index contributed by atoms with van der Waals surface area (Å²) in [4.78, 5) is 2.23. The van der Waals surface area contributed by atoms with Crippen LogP contribution >= 0.6 is 0 Å². The van der Waals surface area contributed by atoms with Gasteiger partial charge in [0.15, 0.2) is 0 Å². The van der Waals surface area contributed by atoms with Crippen LogP contribution in [-0.2, 0) is 4.74 Å². The van der Waals surface area contributed by atoms with E-state index in [1.54, 1.807) is 0 Å². The molecule has 2 nitrogen and oxygen atoms in total. The van der Waals surface area contributed by atoms with Gasteiger partial charge in [-0.1, -0.05) is 6.58 Å². The molecule has 0 amide bonds. The fourth-order valence-corrected chi connectivity index (χ4v) is 1.04. The first kappa shape index (κ1) is 7.61. The SMILES string of the molecule is [CH2]CC(=C)N1CCOCC1. The molecule has 0 atom stereocenters. The Kier molecular flexibility index (Phi) is 2.75. The smallest absolute Gasteiger partial charge is 0.0642 e. The Labute approximate surface area is 62.5 Å². The molecule has 2 heteroatoms. The fourth-order valence-electron chi connectivity index (χ4n) is 1.04. The van der Waals surface area contributed by atoms with Gasteiger partial charge in [0.25, 0.3) is 0 Å². The highest BCUT2D eigenvalue weighted by Crippen LogP contribution is 2.07. The summed E-state index contributed by atoms with van der Waals surface area (Å²) in [5, 5.41) is 0. The lowest BCUT2D eigenvalue weighted by molar-refractivity contribution is 0.0530. The van der Waals surface area contributed by atoms with E-state index in [1.807, 2.05) is 0 Å². The van der Waals surface area contributed by atoms with Crippen LogP contribution in [0.2, 0.25) is 0 Å². The maximum absolute atomic E-state index is 5.19. The summed E-state index contributed by atoms with van der Waals surface area (Å²) in [6.45, 7) is 11.3. The van der Waals surface area contributed by atoms with E-state index in [-0.39, 0.29) is 0 Å². The minimum absolute atomic E-state index is 0.806. The van der Waals surface area contributed by atoms with Gasteiger partial charge in [-0.25, -0.2) is 0 Å². The predicted molar refractivity (Wildman–Crippen MR) is 41.5 cm³/mol. The van der Waals surface area contributed by atoms with Crippen molar-refractivity contribution in [2.45, 2.75) is 6.42 Å². The lowest BCUT2D eigenvalue weighted by Gasteiger charge is -2.29. The number of rotatable bonds is 2. The van der Waals surface area contributed by atoms with Gasteiger partial charge >= 0.3 is 0 Å². The van der Waals surface area contributed by atoms with E-state index < -0.39 is 0 Å². The molecule has 0 bridgehead atoms. The molecule has 1 heterocycles. The number of nitrogens with zero attached hydrogens (tertiary/aromatic N) is 1. The van der Waals surface area contributed by atoms with Crippen LogP contribution in [-0.4, -0.2) is 31.2 Å².